The first kappa shape index (κ1) is 13.1. The summed E-state index contributed by atoms with van der Waals surface area (Å²) in [5.41, 5.74) is 2.52. The van der Waals surface area contributed by atoms with Crippen molar-refractivity contribution < 1.29 is 14.6 Å². The number of ether oxygens (including phenoxy) is 1. The van der Waals surface area contributed by atoms with Crippen LogP contribution in [-0.2, 0) is 16.0 Å². The average molecular weight is 256 g/mol. The second-order valence-corrected chi connectivity index (χ2v) is 4.20. The number of esters is 1. The minimum absolute atomic E-state index is 0.232. The smallest absolute Gasteiger partial charge is 0.310 e. The van der Waals surface area contributed by atoms with Crippen LogP contribution in [0, 0.1) is 0 Å². The summed E-state index contributed by atoms with van der Waals surface area (Å²) < 4.78 is 4.93. The summed E-state index contributed by atoms with van der Waals surface area (Å²) in [6, 6.07) is 14.7. The molecule has 2 rings (SSSR count). The van der Waals surface area contributed by atoms with Crippen molar-refractivity contribution in [2.24, 2.45) is 0 Å². The fourth-order valence-corrected chi connectivity index (χ4v) is 1.95. The number of benzene rings is 2. The van der Waals surface area contributed by atoms with Gasteiger partial charge < -0.3 is 9.84 Å². The van der Waals surface area contributed by atoms with Crippen LogP contribution in [0.1, 0.15) is 12.5 Å². The van der Waals surface area contributed by atoms with E-state index in [2.05, 4.69) is 0 Å². The van der Waals surface area contributed by atoms with Crippen LogP contribution in [0.4, 0.5) is 0 Å². The van der Waals surface area contributed by atoms with Crippen molar-refractivity contribution in [3.63, 3.8) is 0 Å². The number of carbonyl (C=O) groups is 1. The van der Waals surface area contributed by atoms with Gasteiger partial charge in [0, 0.05) is 5.56 Å². The maximum atomic E-state index is 11.5. The Morgan fingerprint density at radius 3 is 2.68 bits per heavy atom. The highest BCUT2D eigenvalue weighted by Crippen LogP contribution is 2.29. The van der Waals surface area contributed by atoms with E-state index in [4.69, 9.17) is 4.74 Å². The van der Waals surface area contributed by atoms with Crippen LogP contribution in [0.5, 0.6) is 5.75 Å². The van der Waals surface area contributed by atoms with Gasteiger partial charge in [0.1, 0.15) is 5.75 Å². The number of rotatable bonds is 4. The van der Waals surface area contributed by atoms with Gasteiger partial charge in [-0.25, -0.2) is 0 Å². The van der Waals surface area contributed by atoms with E-state index in [9.17, 15) is 9.90 Å². The largest absolute Gasteiger partial charge is 0.507 e. The Morgan fingerprint density at radius 2 is 1.95 bits per heavy atom. The first-order valence-electron chi connectivity index (χ1n) is 6.23. The van der Waals surface area contributed by atoms with Crippen molar-refractivity contribution in [1.82, 2.24) is 0 Å². The number of hydrogen-bond donors (Lipinski definition) is 1. The first-order valence-corrected chi connectivity index (χ1v) is 6.23. The molecule has 1 N–H and O–H groups in total. The molecule has 0 spiro atoms. The fraction of sp³-hybridized carbons (Fsp3) is 0.188. The SMILES string of the molecule is CCOC(=O)Cc1cccc(-c2ccccc2O)c1. The molecule has 0 atom stereocenters. The predicted molar refractivity (Wildman–Crippen MR) is 73.9 cm³/mol. The highest BCUT2D eigenvalue weighted by atomic mass is 16.5. The van der Waals surface area contributed by atoms with Gasteiger partial charge in [0.15, 0.2) is 0 Å². The van der Waals surface area contributed by atoms with Gasteiger partial charge in [-0.05, 0) is 24.1 Å². The van der Waals surface area contributed by atoms with Crippen molar-refractivity contribution in [2.75, 3.05) is 6.61 Å². The predicted octanol–water partition coefficient (Wildman–Crippen LogP) is 3.16. The highest BCUT2D eigenvalue weighted by Gasteiger charge is 2.07. The van der Waals surface area contributed by atoms with Crippen molar-refractivity contribution in [3.8, 4) is 16.9 Å². The number of hydrogen-bond acceptors (Lipinski definition) is 3. The number of para-hydroxylation sites is 1. The molecule has 0 unspecified atom stereocenters. The molecule has 0 bridgehead atoms. The molecule has 0 aliphatic heterocycles. The molecular formula is C16H16O3. The summed E-state index contributed by atoms with van der Waals surface area (Å²) in [6.45, 7) is 2.17. The van der Waals surface area contributed by atoms with Gasteiger partial charge in [0.05, 0.1) is 13.0 Å². The lowest BCUT2D eigenvalue weighted by Gasteiger charge is -2.07. The van der Waals surface area contributed by atoms with Gasteiger partial charge >= 0.3 is 5.97 Å². The van der Waals surface area contributed by atoms with E-state index in [0.29, 0.717) is 6.61 Å². The molecule has 0 aromatic heterocycles. The fourth-order valence-electron chi connectivity index (χ4n) is 1.95. The molecule has 0 aliphatic carbocycles. The Labute approximate surface area is 112 Å². The van der Waals surface area contributed by atoms with E-state index >= 15 is 0 Å². The van der Waals surface area contributed by atoms with E-state index in [1.165, 1.54) is 0 Å². The summed E-state index contributed by atoms with van der Waals surface area (Å²) in [5.74, 6) is -0.00674. The van der Waals surface area contributed by atoms with Gasteiger partial charge in [0.2, 0.25) is 0 Å². The molecule has 98 valence electrons. The zero-order chi connectivity index (χ0) is 13.7. The number of aromatic hydroxyl groups is 1. The zero-order valence-electron chi connectivity index (χ0n) is 10.8. The molecule has 2 aromatic carbocycles. The van der Waals surface area contributed by atoms with Crippen LogP contribution in [0.3, 0.4) is 0 Å². The van der Waals surface area contributed by atoms with Crippen LogP contribution in [-0.4, -0.2) is 17.7 Å². The van der Waals surface area contributed by atoms with Crippen LogP contribution in [0.2, 0.25) is 0 Å². The van der Waals surface area contributed by atoms with Gasteiger partial charge in [-0.15, -0.1) is 0 Å². The van der Waals surface area contributed by atoms with Crippen molar-refractivity contribution in [1.29, 1.82) is 0 Å². The van der Waals surface area contributed by atoms with E-state index < -0.39 is 0 Å². The minimum atomic E-state index is -0.239. The molecule has 0 heterocycles. The number of carbonyl (C=O) groups excluding carboxylic acids is 1. The molecule has 0 saturated heterocycles. The molecule has 0 radical (unpaired) electrons. The Kier molecular flexibility index (Phi) is 4.18. The van der Waals surface area contributed by atoms with Crippen LogP contribution >= 0.6 is 0 Å². The maximum absolute atomic E-state index is 11.5. The molecule has 3 heteroatoms. The van der Waals surface area contributed by atoms with Crippen LogP contribution in [0.15, 0.2) is 48.5 Å². The summed E-state index contributed by atoms with van der Waals surface area (Å²) in [4.78, 5) is 11.5. The van der Waals surface area contributed by atoms with Gasteiger partial charge in [-0.1, -0.05) is 42.5 Å². The summed E-state index contributed by atoms with van der Waals surface area (Å²) in [5, 5.41) is 9.83. The normalized spacial score (nSPS) is 10.2. The Bertz CT molecular complexity index is 576. The third-order valence-electron chi connectivity index (χ3n) is 2.80. The quantitative estimate of drug-likeness (QED) is 0.855. The lowest BCUT2D eigenvalue weighted by molar-refractivity contribution is -0.142. The topological polar surface area (TPSA) is 46.5 Å². The Morgan fingerprint density at radius 1 is 1.16 bits per heavy atom. The van der Waals surface area contributed by atoms with E-state index in [1.54, 1.807) is 19.1 Å². The first-order chi connectivity index (χ1) is 9.20. The lowest BCUT2D eigenvalue weighted by atomic mass is 10.0. The molecule has 0 aliphatic rings. The standard InChI is InChI=1S/C16H16O3/c1-2-19-16(18)11-12-6-5-7-13(10-12)14-8-3-4-9-15(14)17/h3-10,17H,2,11H2,1H3. The molecular weight excluding hydrogens is 240 g/mol. The van der Waals surface area contributed by atoms with Gasteiger partial charge in [-0.2, -0.15) is 0 Å². The Hall–Kier alpha value is -2.29. The van der Waals surface area contributed by atoms with Gasteiger partial charge in [-0.3, -0.25) is 4.79 Å². The molecule has 19 heavy (non-hydrogen) atoms. The molecule has 0 amide bonds. The van der Waals surface area contributed by atoms with Crippen molar-refractivity contribution >= 4 is 5.97 Å². The minimum Gasteiger partial charge on any atom is -0.507 e. The van der Waals surface area contributed by atoms with E-state index in [1.807, 2.05) is 36.4 Å². The van der Waals surface area contributed by atoms with Crippen LogP contribution in [0.25, 0.3) is 11.1 Å². The second-order valence-electron chi connectivity index (χ2n) is 4.20. The Balaban J connectivity index is 2.25. The summed E-state index contributed by atoms with van der Waals surface area (Å²) in [7, 11) is 0. The van der Waals surface area contributed by atoms with Crippen LogP contribution < -0.4 is 0 Å². The second kappa shape index (κ2) is 6.05. The van der Waals surface area contributed by atoms with E-state index in [0.717, 1.165) is 16.7 Å². The highest BCUT2D eigenvalue weighted by molar-refractivity contribution is 5.75. The molecule has 3 nitrogen and oxygen atoms in total. The molecule has 2 aromatic rings. The maximum Gasteiger partial charge on any atom is 0.310 e. The molecule has 0 fully saturated rings. The van der Waals surface area contributed by atoms with Crippen molar-refractivity contribution in [3.05, 3.63) is 54.1 Å². The zero-order valence-corrected chi connectivity index (χ0v) is 10.8. The third kappa shape index (κ3) is 3.35. The van der Waals surface area contributed by atoms with Crippen molar-refractivity contribution in [2.45, 2.75) is 13.3 Å². The third-order valence-corrected chi connectivity index (χ3v) is 2.80. The summed E-state index contributed by atoms with van der Waals surface area (Å²) in [6.07, 6.45) is 0.245. The number of phenolic OH excluding ortho intramolecular Hbond substituents is 1. The average Bonchev–Trinajstić information content (AvgIpc) is 2.40. The monoisotopic (exact) mass is 256 g/mol. The summed E-state index contributed by atoms with van der Waals surface area (Å²) >= 11 is 0. The van der Waals surface area contributed by atoms with Gasteiger partial charge in [0.25, 0.3) is 0 Å². The lowest BCUT2D eigenvalue weighted by Crippen LogP contribution is -2.07. The van der Waals surface area contributed by atoms with E-state index in [-0.39, 0.29) is 18.1 Å². The number of phenols is 1. The molecule has 0 saturated carbocycles.